The second kappa shape index (κ2) is 10.5. The second-order valence-electron chi connectivity index (χ2n) is 8.68. The summed E-state index contributed by atoms with van der Waals surface area (Å²) in [6.07, 6.45) is -4.68. The van der Waals surface area contributed by atoms with Crippen LogP contribution >= 0.6 is 0 Å². The Bertz CT molecular complexity index is 1430. The van der Waals surface area contributed by atoms with Crippen molar-refractivity contribution in [3.63, 3.8) is 0 Å². The predicted octanol–water partition coefficient (Wildman–Crippen LogP) is 6.44. The Morgan fingerprint density at radius 1 is 1.03 bits per heavy atom. The molecule has 4 rings (SSSR count). The Morgan fingerprint density at radius 3 is 2.43 bits per heavy atom. The van der Waals surface area contributed by atoms with E-state index in [0.29, 0.717) is 16.7 Å². The molecule has 10 heteroatoms. The zero-order valence-electron chi connectivity index (χ0n) is 20.0. The molecule has 0 aliphatic rings. The number of benzene rings is 3. The normalized spacial score (nSPS) is 11.8. The second-order valence-corrected chi connectivity index (χ2v) is 8.68. The molecule has 37 heavy (non-hydrogen) atoms. The summed E-state index contributed by atoms with van der Waals surface area (Å²) in [6.45, 7) is 2.20. The number of halogens is 4. The highest BCUT2D eigenvalue weighted by atomic mass is 19.4. The van der Waals surface area contributed by atoms with Crippen molar-refractivity contribution < 1.29 is 32.0 Å². The number of carboxylic acid groups (broad SMARTS) is 1. The Morgan fingerprint density at radius 2 is 1.76 bits per heavy atom. The number of nitrogens with zero attached hydrogens (tertiary/aromatic N) is 3. The fourth-order valence-corrected chi connectivity index (χ4v) is 3.95. The summed E-state index contributed by atoms with van der Waals surface area (Å²) in [7, 11) is 1.68. The SMILES string of the molecule is Cc1ccccc1-c1ccc(-c2nc(-c3ccc(CN(C)CCC(=O)O)c(F)c3)no2)cc1C(F)(F)F. The van der Waals surface area contributed by atoms with Crippen molar-refractivity contribution in [1.29, 1.82) is 0 Å². The van der Waals surface area contributed by atoms with Crippen molar-refractivity contribution in [2.75, 3.05) is 13.6 Å². The van der Waals surface area contributed by atoms with E-state index in [-0.39, 0.29) is 47.9 Å². The average molecular weight is 513 g/mol. The van der Waals surface area contributed by atoms with Gasteiger partial charge in [0.2, 0.25) is 5.82 Å². The fourth-order valence-electron chi connectivity index (χ4n) is 3.95. The first-order chi connectivity index (χ1) is 17.5. The highest BCUT2D eigenvalue weighted by molar-refractivity contribution is 5.74. The van der Waals surface area contributed by atoms with Gasteiger partial charge in [-0.15, -0.1) is 0 Å². The van der Waals surface area contributed by atoms with Crippen LogP contribution in [0.15, 0.2) is 65.2 Å². The van der Waals surface area contributed by atoms with Crippen LogP contribution in [0.4, 0.5) is 17.6 Å². The lowest BCUT2D eigenvalue weighted by molar-refractivity contribution is -0.138. The third kappa shape index (κ3) is 6.03. The largest absolute Gasteiger partial charge is 0.481 e. The Balaban J connectivity index is 1.60. The molecule has 1 N–H and O–H groups in total. The van der Waals surface area contributed by atoms with Crippen LogP contribution in [-0.4, -0.2) is 39.7 Å². The summed E-state index contributed by atoms with van der Waals surface area (Å²) in [5.74, 6) is -1.60. The number of rotatable bonds is 8. The molecule has 6 nitrogen and oxygen atoms in total. The van der Waals surface area contributed by atoms with Gasteiger partial charge >= 0.3 is 12.1 Å². The molecule has 0 aliphatic carbocycles. The standard InChI is InChI=1S/C27H23F4N3O3/c1-16-5-3-4-6-20(16)21-10-9-18(13-22(21)27(29,30)31)26-32-25(33-37-26)17-7-8-19(23(28)14-17)15-34(2)12-11-24(35)36/h3-10,13-14H,11-12,15H2,1-2H3,(H,35,36). The van der Waals surface area contributed by atoms with Crippen molar-refractivity contribution in [2.45, 2.75) is 26.1 Å². The molecular weight excluding hydrogens is 490 g/mol. The first-order valence-electron chi connectivity index (χ1n) is 11.3. The molecule has 0 saturated heterocycles. The van der Waals surface area contributed by atoms with E-state index in [1.807, 2.05) is 0 Å². The lowest BCUT2D eigenvalue weighted by Gasteiger charge is -2.16. The zero-order chi connectivity index (χ0) is 26.7. The van der Waals surface area contributed by atoms with E-state index in [1.54, 1.807) is 49.2 Å². The Hall–Kier alpha value is -4.05. The van der Waals surface area contributed by atoms with E-state index in [9.17, 15) is 22.4 Å². The zero-order valence-corrected chi connectivity index (χ0v) is 20.0. The molecule has 1 aromatic heterocycles. The number of hydrogen-bond acceptors (Lipinski definition) is 5. The highest BCUT2D eigenvalue weighted by Crippen LogP contribution is 2.40. The molecule has 192 valence electrons. The third-order valence-electron chi connectivity index (χ3n) is 5.89. The summed E-state index contributed by atoms with van der Waals surface area (Å²) in [6, 6.07) is 14.9. The molecule has 0 aliphatic heterocycles. The minimum atomic E-state index is -4.62. The van der Waals surface area contributed by atoms with Crippen molar-refractivity contribution in [3.8, 4) is 34.0 Å². The van der Waals surface area contributed by atoms with Crippen molar-refractivity contribution in [2.24, 2.45) is 0 Å². The maximum atomic E-state index is 14.7. The van der Waals surface area contributed by atoms with E-state index in [2.05, 4.69) is 10.1 Å². The van der Waals surface area contributed by atoms with Gasteiger partial charge in [0.25, 0.3) is 5.89 Å². The summed E-state index contributed by atoms with van der Waals surface area (Å²) in [5.41, 5.74) is 1.11. The summed E-state index contributed by atoms with van der Waals surface area (Å²) >= 11 is 0. The quantitative estimate of drug-likeness (QED) is 0.273. The molecular formula is C27H23F4N3O3. The predicted molar refractivity (Wildman–Crippen MR) is 129 cm³/mol. The lowest BCUT2D eigenvalue weighted by Crippen LogP contribution is -2.21. The van der Waals surface area contributed by atoms with E-state index in [1.165, 1.54) is 24.3 Å². The molecule has 0 saturated carbocycles. The topological polar surface area (TPSA) is 79.5 Å². The van der Waals surface area contributed by atoms with Gasteiger partial charge < -0.3 is 14.5 Å². The molecule has 0 amide bonds. The van der Waals surface area contributed by atoms with Crippen LogP contribution in [0.2, 0.25) is 0 Å². The van der Waals surface area contributed by atoms with Crippen LogP contribution in [0.5, 0.6) is 0 Å². The van der Waals surface area contributed by atoms with E-state index in [4.69, 9.17) is 9.63 Å². The summed E-state index contributed by atoms with van der Waals surface area (Å²) in [5, 5.41) is 12.6. The Kier molecular flexibility index (Phi) is 7.40. The van der Waals surface area contributed by atoms with Gasteiger partial charge in [0.05, 0.1) is 12.0 Å². The van der Waals surface area contributed by atoms with Gasteiger partial charge in [-0.25, -0.2) is 4.39 Å². The Labute approximate surface area is 210 Å². The maximum absolute atomic E-state index is 14.7. The summed E-state index contributed by atoms with van der Waals surface area (Å²) in [4.78, 5) is 16.6. The maximum Gasteiger partial charge on any atom is 0.417 e. The van der Waals surface area contributed by atoms with Gasteiger partial charge in [-0.2, -0.15) is 18.2 Å². The fraction of sp³-hybridized carbons (Fsp3) is 0.222. The summed E-state index contributed by atoms with van der Waals surface area (Å²) < 4.78 is 61.8. The molecule has 0 radical (unpaired) electrons. The number of carboxylic acids is 1. The van der Waals surface area contributed by atoms with Gasteiger partial charge in [0.1, 0.15) is 5.82 Å². The molecule has 0 atom stereocenters. The molecule has 0 spiro atoms. The minimum Gasteiger partial charge on any atom is -0.481 e. The van der Waals surface area contributed by atoms with Gasteiger partial charge in [0, 0.05) is 29.8 Å². The molecule has 1 heterocycles. The molecule has 0 fully saturated rings. The number of hydrogen-bond donors (Lipinski definition) is 1. The molecule has 0 unspecified atom stereocenters. The third-order valence-corrected chi connectivity index (χ3v) is 5.89. The van der Waals surface area contributed by atoms with Crippen molar-refractivity contribution >= 4 is 5.97 Å². The smallest absolute Gasteiger partial charge is 0.417 e. The lowest BCUT2D eigenvalue weighted by atomic mass is 9.94. The van der Waals surface area contributed by atoms with E-state index in [0.717, 1.165) is 6.07 Å². The minimum absolute atomic E-state index is 0.0243. The van der Waals surface area contributed by atoms with Gasteiger partial charge in [-0.05, 0) is 48.9 Å². The monoisotopic (exact) mass is 513 g/mol. The number of aliphatic carboxylic acids is 1. The first-order valence-corrected chi connectivity index (χ1v) is 11.3. The molecule has 0 bridgehead atoms. The van der Waals surface area contributed by atoms with Crippen molar-refractivity contribution in [1.82, 2.24) is 15.0 Å². The first kappa shape index (κ1) is 26.0. The number of alkyl halides is 3. The number of carbonyl (C=O) groups is 1. The van der Waals surface area contributed by atoms with Crippen LogP contribution < -0.4 is 0 Å². The van der Waals surface area contributed by atoms with Crippen LogP contribution in [0, 0.1) is 12.7 Å². The number of aryl methyl sites for hydroxylation is 1. The van der Waals surface area contributed by atoms with E-state index >= 15 is 0 Å². The van der Waals surface area contributed by atoms with Gasteiger partial charge in [-0.3, -0.25) is 4.79 Å². The van der Waals surface area contributed by atoms with Crippen LogP contribution in [0.3, 0.4) is 0 Å². The average Bonchev–Trinajstić information content (AvgIpc) is 3.34. The highest BCUT2D eigenvalue weighted by Gasteiger charge is 2.34. The van der Waals surface area contributed by atoms with Crippen LogP contribution in [0.25, 0.3) is 34.0 Å². The molecule has 4 aromatic rings. The van der Waals surface area contributed by atoms with Crippen LogP contribution in [0.1, 0.15) is 23.1 Å². The number of aromatic nitrogens is 2. The van der Waals surface area contributed by atoms with Gasteiger partial charge in [-0.1, -0.05) is 47.6 Å². The van der Waals surface area contributed by atoms with Crippen LogP contribution in [-0.2, 0) is 17.5 Å². The van der Waals surface area contributed by atoms with Gasteiger partial charge in [0.15, 0.2) is 0 Å². The molecule has 3 aromatic carbocycles. The van der Waals surface area contributed by atoms with Crippen molar-refractivity contribution in [3.05, 3.63) is 83.2 Å². The van der Waals surface area contributed by atoms with E-state index < -0.39 is 23.5 Å².